The molecule has 0 atom stereocenters. The summed E-state index contributed by atoms with van der Waals surface area (Å²) in [6, 6.07) is 10.1. The monoisotopic (exact) mass is 326 g/mol. The van der Waals surface area contributed by atoms with Crippen LogP contribution in [0.1, 0.15) is 26.5 Å². The molecule has 24 heavy (non-hydrogen) atoms. The largest absolute Gasteiger partial charge is 0.481 e. The van der Waals surface area contributed by atoms with Crippen LogP contribution in [-0.2, 0) is 6.54 Å². The first-order chi connectivity index (χ1) is 11.6. The molecule has 122 valence electrons. The van der Waals surface area contributed by atoms with Gasteiger partial charge in [-0.15, -0.1) is 0 Å². The van der Waals surface area contributed by atoms with E-state index >= 15 is 0 Å². The van der Waals surface area contributed by atoms with E-state index < -0.39 is 5.97 Å². The number of carboxylic acids is 1. The van der Waals surface area contributed by atoms with Crippen molar-refractivity contribution in [2.75, 3.05) is 7.11 Å². The smallest absolute Gasteiger partial charge is 0.372 e. The highest BCUT2D eigenvalue weighted by atomic mass is 16.5. The zero-order valence-corrected chi connectivity index (χ0v) is 12.8. The zero-order valence-electron chi connectivity index (χ0n) is 12.8. The predicted molar refractivity (Wildman–Crippen MR) is 85.1 cm³/mol. The highest BCUT2D eigenvalue weighted by Gasteiger charge is 2.20. The van der Waals surface area contributed by atoms with Gasteiger partial charge in [0.15, 0.2) is 0 Å². The Kier molecular flexibility index (Phi) is 4.15. The maximum absolute atomic E-state index is 12.2. The molecule has 0 aliphatic heterocycles. The standard InChI is InChI=1S/C17H14N2O5/c1-23-14-7-6-10(8-18-14)16(20)19-9-12-11-4-2-3-5-13(11)24-15(12)17(21)22/h2-8H,9H2,1H3,(H,19,20)(H,21,22). The number of carbonyl (C=O) groups excluding carboxylic acids is 1. The first kappa shape index (κ1) is 15.5. The molecule has 0 radical (unpaired) electrons. The van der Waals surface area contributed by atoms with Gasteiger partial charge < -0.3 is 19.6 Å². The lowest BCUT2D eigenvalue weighted by atomic mass is 10.1. The van der Waals surface area contributed by atoms with Gasteiger partial charge in [0.1, 0.15) is 5.58 Å². The van der Waals surface area contributed by atoms with Crippen LogP contribution in [-0.4, -0.2) is 29.1 Å². The summed E-state index contributed by atoms with van der Waals surface area (Å²) in [6.45, 7) is 0.0313. The van der Waals surface area contributed by atoms with Gasteiger partial charge in [0, 0.05) is 29.8 Å². The van der Waals surface area contributed by atoms with Gasteiger partial charge in [-0.1, -0.05) is 18.2 Å². The Hall–Kier alpha value is -3.35. The van der Waals surface area contributed by atoms with Crippen molar-refractivity contribution < 1.29 is 23.8 Å². The number of carbonyl (C=O) groups is 2. The number of carboxylic acid groups (broad SMARTS) is 1. The summed E-state index contributed by atoms with van der Waals surface area (Å²) < 4.78 is 10.3. The Labute approximate surface area is 136 Å². The number of aromatic carboxylic acids is 1. The van der Waals surface area contributed by atoms with E-state index in [0.29, 0.717) is 28.0 Å². The number of benzene rings is 1. The number of hydrogen-bond acceptors (Lipinski definition) is 5. The summed E-state index contributed by atoms with van der Waals surface area (Å²) in [7, 11) is 1.49. The zero-order chi connectivity index (χ0) is 17.1. The van der Waals surface area contributed by atoms with Gasteiger partial charge in [0.25, 0.3) is 5.91 Å². The minimum atomic E-state index is -1.18. The van der Waals surface area contributed by atoms with Crippen LogP contribution in [0.4, 0.5) is 0 Å². The minimum absolute atomic E-state index is 0.0313. The van der Waals surface area contributed by atoms with Crippen molar-refractivity contribution >= 4 is 22.8 Å². The maximum atomic E-state index is 12.2. The number of methoxy groups -OCH3 is 1. The van der Waals surface area contributed by atoms with Crippen molar-refractivity contribution in [3.8, 4) is 5.88 Å². The van der Waals surface area contributed by atoms with E-state index in [2.05, 4.69) is 10.3 Å². The molecule has 2 heterocycles. The van der Waals surface area contributed by atoms with Crippen molar-refractivity contribution in [2.24, 2.45) is 0 Å². The fourth-order valence-corrected chi connectivity index (χ4v) is 2.35. The molecule has 7 nitrogen and oxygen atoms in total. The molecule has 0 fully saturated rings. The highest BCUT2D eigenvalue weighted by molar-refractivity contribution is 5.97. The van der Waals surface area contributed by atoms with E-state index in [9.17, 15) is 14.7 Å². The molecule has 0 bridgehead atoms. The SMILES string of the molecule is COc1ccc(C(=O)NCc2c(C(=O)O)oc3ccccc23)cn1. The molecule has 0 aliphatic rings. The number of rotatable bonds is 5. The molecule has 2 aromatic heterocycles. The van der Waals surface area contributed by atoms with E-state index in [1.54, 1.807) is 36.4 Å². The summed E-state index contributed by atoms with van der Waals surface area (Å²) in [4.78, 5) is 27.5. The highest BCUT2D eigenvalue weighted by Crippen LogP contribution is 2.25. The fraction of sp³-hybridized carbons (Fsp3) is 0.118. The van der Waals surface area contributed by atoms with Crippen molar-refractivity contribution in [1.82, 2.24) is 10.3 Å². The average molecular weight is 326 g/mol. The molecule has 0 aliphatic carbocycles. The molecular formula is C17H14N2O5. The number of ether oxygens (including phenoxy) is 1. The normalized spacial score (nSPS) is 10.5. The molecule has 1 amide bonds. The Morgan fingerprint density at radius 3 is 2.71 bits per heavy atom. The van der Waals surface area contributed by atoms with Gasteiger partial charge in [-0.05, 0) is 12.1 Å². The average Bonchev–Trinajstić information content (AvgIpc) is 2.99. The van der Waals surface area contributed by atoms with Gasteiger partial charge in [-0.2, -0.15) is 0 Å². The van der Waals surface area contributed by atoms with Crippen LogP contribution in [0.3, 0.4) is 0 Å². The first-order valence-corrected chi connectivity index (χ1v) is 7.12. The maximum Gasteiger partial charge on any atom is 0.372 e. The third-order valence-corrected chi connectivity index (χ3v) is 3.53. The minimum Gasteiger partial charge on any atom is -0.481 e. The van der Waals surface area contributed by atoms with E-state index in [1.807, 2.05) is 0 Å². The van der Waals surface area contributed by atoms with Crippen LogP contribution in [0.15, 0.2) is 47.0 Å². The Morgan fingerprint density at radius 2 is 2.04 bits per heavy atom. The van der Waals surface area contributed by atoms with Crippen LogP contribution < -0.4 is 10.1 Å². The number of para-hydroxylation sites is 1. The van der Waals surface area contributed by atoms with Crippen LogP contribution in [0.25, 0.3) is 11.0 Å². The summed E-state index contributed by atoms with van der Waals surface area (Å²) >= 11 is 0. The molecular weight excluding hydrogens is 312 g/mol. The number of nitrogens with zero attached hydrogens (tertiary/aromatic N) is 1. The van der Waals surface area contributed by atoms with E-state index in [4.69, 9.17) is 9.15 Å². The number of hydrogen-bond donors (Lipinski definition) is 2. The quantitative estimate of drug-likeness (QED) is 0.747. The molecule has 0 saturated heterocycles. The molecule has 0 unspecified atom stereocenters. The molecule has 1 aromatic carbocycles. The third-order valence-electron chi connectivity index (χ3n) is 3.53. The summed E-state index contributed by atoms with van der Waals surface area (Å²) in [6.07, 6.45) is 1.39. The van der Waals surface area contributed by atoms with Crippen LogP contribution >= 0.6 is 0 Å². The Morgan fingerprint density at radius 1 is 1.25 bits per heavy atom. The second kappa shape index (κ2) is 6.41. The number of aromatic nitrogens is 1. The van der Waals surface area contributed by atoms with E-state index in [-0.39, 0.29) is 18.2 Å². The Balaban J connectivity index is 1.83. The number of nitrogens with one attached hydrogen (secondary N) is 1. The fourth-order valence-electron chi connectivity index (χ4n) is 2.35. The number of fused-ring (bicyclic) bond motifs is 1. The topological polar surface area (TPSA) is 102 Å². The summed E-state index contributed by atoms with van der Waals surface area (Å²) in [5.74, 6) is -1.32. The molecule has 3 aromatic rings. The predicted octanol–water partition coefficient (Wildman–Crippen LogP) is 2.46. The number of pyridine rings is 1. The van der Waals surface area contributed by atoms with Gasteiger partial charge in [-0.3, -0.25) is 4.79 Å². The molecule has 7 heteroatoms. The van der Waals surface area contributed by atoms with Crippen LogP contribution in [0, 0.1) is 0 Å². The van der Waals surface area contributed by atoms with Crippen molar-refractivity contribution in [3.63, 3.8) is 0 Å². The molecule has 0 spiro atoms. The van der Waals surface area contributed by atoms with Crippen LogP contribution in [0.2, 0.25) is 0 Å². The molecule has 3 rings (SSSR count). The van der Waals surface area contributed by atoms with Gasteiger partial charge >= 0.3 is 5.97 Å². The molecule has 0 saturated carbocycles. The third kappa shape index (κ3) is 2.91. The Bertz CT molecular complexity index is 899. The molecule has 2 N–H and O–H groups in total. The van der Waals surface area contributed by atoms with Crippen molar-refractivity contribution in [3.05, 3.63) is 59.5 Å². The summed E-state index contributed by atoms with van der Waals surface area (Å²) in [5.41, 5.74) is 1.23. The van der Waals surface area contributed by atoms with E-state index in [1.165, 1.54) is 13.3 Å². The van der Waals surface area contributed by atoms with E-state index in [0.717, 1.165) is 0 Å². The lowest BCUT2D eigenvalue weighted by molar-refractivity contribution is 0.0662. The second-order valence-electron chi connectivity index (χ2n) is 4.98. The number of furan rings is 1. The van der Waals surface area contributed by atoms with Crippen molar-refractivity contribution in [1.29, 1.82) is 0 Å². The van der Waals surface area contributed by atoms with Gasteiger partial charge in [0.05, 0.1) is 12.7 Å². The number of amides is 1. The van der Waals surface area contributed by atoms with Gasteiger partial charge in [-0.25, -0.2) is 9.78 Å². The van der Waals surface area contributed by atoms with Crippen LogP contribution in [0.5, 0.6) is 5.88 Å². The van der Waals surface area contributed by atoms with Gasteiger partial charge in [0.2, 0.25) is 11.6 Å². The summed E-state index contributed by atoms with van der Waals surface area (Å²) in [5, 5.41) is 12.6. The first-order valence-electron chi connectivity index (χ1n) is 7.12. The lowest BCUT2D eigenvalue weighted by Gasteiger charge is -2.05. The van der Waals surface area contributed by atoms with Crippen molar-refractivity contribution in [2.45, 2.75) is 6.54 Å². The second-order valence-corrected chi connectivity index (χ2v) is 4.98. The lowest BCUT2D eigenvalue weighted by Crippen LogP contribution is -2.23.